The first-order valence-electron chi connectivity index (χ1n) is 6.71. The van der Waals surface area contributed by atoms with E-state index in [1.54, 1.807) is 0 Å². The topological polar surface area (TPSA) is 20.2 Å². The molecule has 0 aromatic heterocycles. The second kappa shape index (κ2) is 4.82. The summed E-state index contributed by atoms with van der Waals surface area (Å²) in [6.45, 7) is 8.27. The van der Waals surface area contributed by atoms with Crippen LogP contribution in [0.2, 0.25) is 0 Å². The Morgan fingerprint density at radius 3 is 1.68 bits per heavy atom. The Labute approximate surface area is 115 Å². The van der Waals surface area contributed by atoms with Gasteiger partial charge in [0.15, 0.2) is 0 Å². The van der Waals surface area contributed by atoms with Crippen LogP contribution in [-0.4, -0.2) is 5.11 Å². The summed E-state index contributed by atoms with van der Waals surface area (Å²) in [5, 5.41) is 11.4. The third-order valence-corrected chi connectivity index (χ3v) is 3.75. The van der Waals surface area contributed by atoms with Gasteiger partial charge < -0.3 is 5.11 Å². The van der Waals surface area contributed by atoms with Gasteiger partial charge in [0.1, 0.15) is 5.60 Å². The van der Waals surface area contributed by atoms with Crippen LogP contribution in [0.1, 0.15) is 37.5 Å². The minimum absolute atomic E-state index is 0.288. The second-order valence-corrected chi connectivity index (χ2v) is 6.19. The van der Waals surface area contributed by atoms with Crippen molar-refractivity contribution in [2.75, 3.05) is 0 Å². The fourth-order valence-electron chi connectivity index (χ4n) is 2.51. The van der Waals surface area contributed by atoms with Crippen LogP contribution < -0.4 is 0 Å². The van der Waals surface area contributed by atoms with Crippen LogP contribution in [0.4, 0.5) is 0 Å². The number of hydrogen-bond acceptors (Lipinski definition) is 1. The lowest BCUT2D eigenvalue weighted by molar-refractivity contribution is -0.0259. The maximum Gasteiger partial charge on any atom is 0.119 e. The van der Waals surface area contributed by atoms with Gasteiger partial charge in [0.2, 0.25) is 0 Å². The predicted octanol–water partition coefficient (Wildman–Crippen LogP) is 4.28. The van der Waals surface area contributed by atoms with Gasteiger partial charge in [0, 0.05) is 0 Å². The minimum atomic E-state index is -0.984. The molecule has 0 aliphatic rings. The van der Waals surface area contributed by atoms with Gasteiger partial charge in [-0.2, -0.15) is 0 Å². The van der Waals surface area contributed by atoms with E-state index in [1.807, 2.05) is 42.5 Å². The van der Waals surface area contributed by atoms with Gasteiger partial charge in [-0.1, -0.05) is 80.9 Å². The lowest BCUT2D eigenvalue weighted by atomic mass is 9.68. The van der Waals surface area contributed by atoms with Crippen LogP contribution in [-0.2, 0) is 5.60 Å². The molecule has 2 rings (SSSR count). The van der Waals surface area contributed by atoms with Crippen LogP contribution in [0.5, 0.6) is 0 Å². The SMILES string of the molecule is Cc1ccc(C(O)(c2ccccc2)C(C)(C)C)cc1. The maximum absolute atomic E-state index is 11.4. The molecular weight excluding hydrogens is 232 g/mol. The lowest BCUT2D eigenvalue weighted by Crippen LogP contribution is -2.41. The monoisotopic (exact) mass is 254 g/mol. The molecule has 1 unspecified atom stereocenters. The molecule has 2 aromatic carbocycles. The summed E-state index contributed by atoms with van der Waals surface area (Å²) in [4.78, 5) is 0. The van der Waals surface area contributed by atoms with Gasteiger partial charge in [-0.15, -0.1) is 0 Å². The molecular formula is C18H22O. The number of benzene rings is 2. The van der Waals surface area contributed by atoms with Crippen LogP contribution in [0.15, 0.2) is 54.6 Å². The van der Waals surface area contributed by atoms with E-state index in [4.69, 9.17) is 0 Å². The van der Waals surface area contributed by atoms with Gasteiger partial charge in [0.05, 0.1) is 0 Å². The fraction of sp³-hybridized carbons (Fsp3) is 0.333. The van der Waals surface area contributed by atoms with Crippen molar-refractivity contribution < 1.29 is 5.11 Å². The van der Waals surface area contributed by atoms with Crippen LogP contribution in [0.3, 0.4) is 0 Å². The second-order valence-electron chi connectivity index (χ2n) is 6.19. The molecule has 2 aromatic rings. The van der Waals surface area contributed by atoms with Crippen LogP contribution >= 0.6 is 0 Å². The van der Waals surface area contributed by atoms with Gasteiger partial charge >= 0.3 is 0 Å². The Hall–Kier alpha value is -1.60. The Kier molecular flexibility index (Phi) is 3.51. The quantitative estimate of drug-likeness (QED) is 0.848. The lowest BCUT2D eigenvalue weighted by Gasteiger charge is -2.41. The smallest absolute Gasteiger partial charge is 0.119 e. The minimum Gasteiger partial charge on any atom is -0.380 e. The van der Waals surface area contributed by atoms with Gasteiger partial charge in [-0.3, -0.25) is 0 Å². The molecule has 1 heteroatoms. The third-order valence-electron chi connectivity index (χ3n) is 3.75. The zero-order valence-corrected chi connectivity index (χ0v) is 12.1. The van der Waals surface area contributed by atoms with E-state index in [9.17, 15) is 5.11 Å². The first-order chi connectivity index (χ1) is 8.85. The number of hydrogen-bond donors (Lipinski definition) is 1. The molecule has 0 spiro atoms. The van der Waals surface area contributed by atoms with E-state index >= 15 is 0 Å². The summed E-state index contributed by atoms with van der Waals surface area (Å²) in [5.74, 6) is 0. The summed E-state index contributed by atoms with van der Waals surface area (Å²) in [6.07, 6.45) is 0. The highest BCUT2D eigenvalue weighted by Gasteiger charge is 2.42. The van der Waals surface area contributed by atoms with Crippen molar-refractivity contribution in [2.45, 2.75) is 33.3 Å². The Morgan fingerprint density at radius 1 is 0.737 bits per heavy atom. The zero-order valence-electron chi connectivity index (χ0n) is 12.1. The Bertz CT molecular complexity index is 534. The first-order valence-corrected chi connectivity index (χ1v) is 6.71. The van der Waals surface area contributed by atoms with E-state index in [0.29, 0.717) is 0 Å². The van der Waals surface area contributed by atoms with E-state index < -0.39 is 5.60 Å². The number of aryl methyl sites for hydroxylation is 1. The van der Waals surface area contributed by atoms with Gasteiger partial charge in [-0.05, 0) is 23.5 Å². The molecule has 1 N–H and O–H groups in total. The van der Waals surface area contributed by atoms with Crippen molar-refractivity contribution in [1.29, 1.82) is 0 Å². The molecule has 0 heterocycles. The van der Waals surface area contributed by atoms with E-state index in [-0.39, 0.29) is 5.41 Å². The highest BCUT2D eigenvalue weighted by Crippen LogP contribution is 2.44. The van der Waals surface area contributed by atoms with E-state index in [0.717, 1.165) is 11.1 Å². The van der Waals surface area contributed by atoms with E-state index in [1.165, 1.54) is 5.56 Å². The van der Waals surface area contributed by atoms with E-state index in [2.05, 4.69) is 39.8 Å². The number of rotatable bonds is 2. The Balaban J connectivity index is 2.63. The molecule has 100 valence electrons. The standard InChI is InChI=1S/C18H22O/c1-14-10-12-16(13-11-14)18(19,17(2,3)4)15-8-6-5-7-9-15/h5-13,19H,1-4H3. The molecule has 1 nitrogen and oxygen atoms in total. The molecule has 0 bridgehead atoms. The molecule has 0 aliphatic heterocycles. The summed E-state index contributed by atoms with van der Waals surface area (Å²) in [5.41, 5.74) is 1.81. The maximum atomic E-state index is 11.4. The summed E-state index contributed by atoms with van der Waals surface area (Å²) in [7, 11) is 0. The highest BCUT2D eigenvalue weighted by atomic mass is 16.3. The average Bonchev–Trinajstić information content (AvgIpc) is 2.38. The summed E-state index contributed by atoms with van der Waals surface area (Å²) >= 11 is 0. The average molecular weight is 254 g/mol. The molecule has 1 atom stereocenters. The normalized spacial score (nSPS) is 15.0. The van der Waals surface area contributed by atoms with Gasteiger partial charge in [0.25, 0.3) is 0 Å². The molecule has 0 radical (unpaired) electrons. The van der Waals surface area contributed by atoms with Crippen molar-refractivity contribution in [3.8, 4) is 0 Å². The van der Waals surface area contributed by atoms with Crippen LogP contribution in [0.25, 0.3) is 0 Å². The van der Waals surface area contributed by atoms with Crippen molar-refractivity contribution in [3.63, 3.8) is 0 Å². The summed E-state index contributed by atoms with van der Waals surface area (Å²) < 4.78 is 0. The molecule has 0 amide bonds. The van der Waals surface area contributed by atoms with Gasteiger partial charge in [-0.25, -0.2) is 0 Å². The predicted molar refractivity (Wildman–Crippen MR) is 80.1 cm³/mol. The number of aliphatic hydroxyl groups is 1. The van der Waals surface area contributed by atoms with Crippen molar-refractivity contribution in [1.82, 2.24) is 0 Å². The largest absolute Gasteiger partial charge is 0.380 e. The Morgan fingerprint density at radius 2 is 1.21 bits per heavy atom. The zero-order chi connectivity index (χ0) is 14.1. The van der Waals surface area contributed by atoms with Crippen molar-refractivity contribution in [3.05, 3.63) is 71.3 Å². The van der Waals surface area contributed by atoms with Crippen LogP contribution in [0, 0.1) is 12.3 Å². The molecule has 19 heavy (non-hydrogen) atoms. The fourth-order valence-corrected chi connectivity index (χ4v) is 2.51. The molecule has 0 aliphatic carbocycles. The molecule has 0 fully saturated rings. The van der Waals surface area contributed by atoms with Crippen molar-refractivity contribution in [2.24, 2.45) is 5.41 Å². The highest BCUT2D eigenvalue weighted by molar-refractivity contribution is 5.39. The molecule has 0 saturated carbocycles. The summed E-state index contributed by atoms with van der Waals surface area (Å²) in [6, 6.07) is 18.0. The molecule has 0 saturated heterocycles. The first kappa shape index (κ1) is 13.8. The van der Waals surface area contributed by atoms with Crippen molar-refractivity contribution >= 4 is 0 Å². The third kappa shape index (κ3) is 2.43.